The molecule has 1 amide bonds. The first kappa shape index (κ1) is 15.1. The van der Waals surface area contributed by atoms with Gasteiger partial charge in [0.05, 0.1) is 0 Å². The molecule has 0 aromatic heterocycles. The molecule has 9 heteroatoms. The molecular weight excluding hydrogens is 272 g/mol. The number of carbonyl (C=O) groups is 1. The molecule has 2 aliphatic heterocycles. The lowest BCUT2D eigenvalue weighted by atomic mass is 10.0. The predicted octanol–water partition coefficient (Wildman–Crippen LogP) is -0.995. The van der Waals surface area contributed by atoms with Gasteiger partial charge in [0.15, 0.2) is 12.1 Å². The molecule has 9 nitrogen and oxygen atoms in total. The minimum atomic E-state index is -1.11. The van der Waals surface area contributed by atoms with Crippen LogP contribution in [0, 0.1) is 10.1 Å². The molecule has 0 aromatic rings. The van der Waals surface area contributed by atoms with Gasteiger partial charge in [0.25, 0.3) is 0 Å². The molecule has 114 valence electrons. The lowest BCUT2D eigenvalue weighted by Crippen LogP contribution is -2.52. The van der Waals surface area contributed by atoms with Crippen LogP contribution in [-0.4, -0.2) is 58.9 Å². The summed E-state index contributed by atoms with van der Waals surface area (Å²) in [5, 5.41) is 23.3. The van der Waals surface area contributed by atoms with Crippen molar-refractivity contribution in [3.05, 3.63) is 10.1 Å². The van der Waals surface area contributed by atoms with Gasteiger partial charge in [0.1, 0.15) is 24.4 Å². The summed E-state index contributed by atoms with van der Waals surface area (Å²) >= 11 is 0. The first-order valence-corrected chi connectivity index (χ1v) is 6.28. The molecule has 0 saturated carbocycles. The topological polar surface area (TPSA) is 120 Å². The third-order valence-corrected chi connectivity index (χ3v) is 3.18. The van der Waals surface area contributed by atoms with E-state index >= 15 is 0 Å². The van der Waals surface area contributed by atoms with Crippen LogP contribution in [0.4, 0.5) is 0 Å². The molecule has 0 radical (unpaired) electrons. The van der Waals surface area contributed by atoms with Crippen LogP contribution in [0.5, 0.6) is 0 Å². The zero-order valence-corrected chi connectivity index (χ0v) is 11.4. The fraction of sp³-hybridized carbons (Fsp3) is 0.909. The highest BCUT2D eigenvalue weighted by molar-refractivity contribution is 5.73. The summed E-state index contributed by atoms with van der Waals surface area (Å²) in [7, 11) is 0. The molecule has 2 heterocycles. The van der Waals surface area contributed by atoms with E-state index in [-0.39, 0.29) is 0 Å². The third kappa shape index (κ3) is 3.06. The number of nitro groups is 1. The maximum atomic E-state index is 11.1. The van der Waals surface area contributed by atoms with E-state index in [0.29, 0.717) is 0 Å². The second-order valence-corrected chi connectivity index (χ2v) is 5.38. The Morgan fingerprint density at radius 3 is 2.65 bits per heavy atom. The number of aliphatic hydroxyl groups excluding tert-OH is 1. The van der Waals surface area contributed by atoms with Gasteiger partial charge in [-0.2, -0.15) is 0 Å². The summed E-state index contributed by atoms with van der Waals surface area (Å²) in [6.07, 6.45) is -3.58. The van der Waals surface area contributed by atoms with E-state index in [1.165, 1.54) is 6.92 Å². The molecule has 20 heavy (non-hydrogen) atoms. The van der Waals surface area contributed by atoms with Crippen molar-refractivity contribution >= 4 is 5.91 Å². The first-order valence-electron chi connectivity index (χ1n) is 6.28. The van der Waals surface area contributed by atoms with Crippen molar-refractivity contribution in [3.63, 3.8) is 0 Å². The minimum absolute atomic E-state index is 0.438. The molecule has 2 saturated heterocycles. The van der Waals surface area contributed by atoms with Crippen LogP contribution in [0.15, 0.2) is 0 Å². The number of fused-ring (bicyclic) bond motifs is 1. The van der Waals surface area contributed by atoms with Gasteiger partial charge >= 0.3 is 0 Å². The number of hydrogen-bond donors (Lipinski definition) is 2. The largest absolute Gasteiger partial charge is 0.387 e. The van der Waals surface area contributed by atoms with Crippen LogP contribution in [0.25, 0.3) is 0 Å². The fourth-order valence-electron chi connectivity index (χ4n) is 2.50. The van der Waals surface area contributed by atoms with Crippen LogP contribution >= 0.6 is 0 Å². The maximum Gasteiger partial charge on any atom is 0.226 e. The quantitative estimate of drug-likeness (QED) is 0.503. The van der Waals surface area contributed by atoms with E-state index < -0.39 is 53.8 Å². The Kier molecular flexibility index (Phi) is 3.96. The van der Waals surface area contributed by atoms with Crippen molar-refractivity contribution < 1.29 is 29.0 Å². The van der Waals surface area contributed by atoms with Crippen molar-refractivity contribution in [2.75, 3.05) is 6.54 Å². The maximum absolute atomic E-state index is 11.1. The zero-order valence-electron chi connectivity index (χ0n) is 11.4. The van der Waals surface area contributed by atoms with E-state index in [9.17, 15) is 20.0 Å². The smallest absolute Gasteiger partial charge is 0.226 e. The van der Waals surface area contributed by atoms with E-state index in [1.54, 1.807) is 13.8 Å². The average Bonchev–Trinajstić information content (AvgIpc) is 2.71. The van der Waals surface area contributed by atoms with E-state index in [4.69, 9.17) is 14.2 Å². The first-order chi connectivity index (χ1) is 9.19. The SMILES string of the molecule is CC(=O)N[C@H](C[N+](=O)[O-])[C@H]1O[C@@H]2OC(C)(C)O[C@@H]2[C@H]1O. The van der Waals surface area contributed by atoms with Crippen LogP contribution in [0.2, 0.25) is 0 Å². The number of carbonyl (C=O) groups excluding carboxylic acids is 1. The Balaban J connectivity index is 2.08. The van der Waals surface area contributed by atoms with E-state index in [0.717, 1.165) is 0 Å². The summed E-state index contributed by atoms with van der Waals surface area (Å²) in [6, 6.07) is -0.946. The van der Waals surface area contributed by atoms with Gasteiger partial charge in [-0.3, -0.25) is 14.9 Å². The minimum Gasteiger partial charge on any atom is -0.387 e. The van der Waals surface area contributed by atoms with Gasteiger partial charge in [0.2, 0.25) is 12.5 Å². The highest BCUT2D eigenvalue weighted by Crippen LogP contribution is 2.38. The molecule has 0 aliphatic carbocycles. The number of hydrogen-bond acceptors (Lipinski definition) is 7. The molecule has 5 atom stereocenters. The van der Waals surface area contributed by atoms with Crippen molar-refractivity contribution in [1.29, 1.82) is 0 Å². The summed E-state index contributed by atoms with van der Waals surface area (Å²) in [5.41, 5.74) is 0. The highest BCUT2D eigenvalue weighted by Gasteiger charge is 2.56. The summed E-state index contributed by atoms with van der Waals surface area (Å²) in [4.78, 5) is 21.2. The van der Waals surface area contributed by atoms with Crippen LogP contribution in [0.3, 0.4) is 0 Å². The number of aliphatic hydroxyl groups is 1. The zero-order chi connectivity index (χ0) is 15.1. The molecule has 2 N–H and O–H groups in total. The number of rotatable bonds is 4. The monoisotopic (exact) mass is 290 g/mol. The van der Waals surface area contributed by atoms with Gasteiger partial charge in [-0.25, -0.2) is 0 Å². The summed E-state index contributed by atoms with van der Waals surface area (Å²) < 4.78 is 16.4. The normalized spacial score (nSPS) is 36.4. The van der Waals surface area contributed by atoms with Crippen LogP contribution < -0.4 is 5.32 Å². The number of amides is 1. The second kappa shape index (κ2) is 5.24. The van der Waals surface area contributed by atoms with Crippen LogP contribution in [-0.2, 0) is 19.0 Å². The second-order valence-electron chi connectivity index (χ2n) is 5.38. The van der Waals surface area contributed by atoms with Gasteiger partial charge in [-0.1, -0.05) is 0 Å². The Labute approximate surface area is 115 Å². The lowest BCUT2D eigenvalue weighted by Gasteiger charge is -2.26. The lowest BCUT2D eigenvalue weighted by molar-refractivity contribution is -0.486. The van der Waals surface area contributed by atoms with Crippen LogP contribution in [0.1, 0.15) is 20.8 Å². The van der Waals surface area contributed by atoms with E-state index in [1.807, 2.05) is 0 Å². The highest BCUT2D eigenvalue weighted by atomic mass is 16.8. The summed E-state index contributed by atoms with van der Waals surface area (Å²) in [6.45, 7) is 4.05. The Morgan fingerprint density at radius 2 is 2.15 bits per heavy atom. The van der Waals surface area contributed by atoms with Crippen molar-refractivity contribution in [2.45, 2.75) is 57.2 Å². The molecule has 0 spiro atoms. The van der Waals surface area contributed by atoms with Gasteiger partial charge < -0.3 is 24.6 Å². The van der Waals surface area contributed by atoms with Crippen molar-refractivity contribution in [2.24, 2.45) is 0 Å². The average molecular weight is 290 g/mol. The molecule has 2 rings (SSSR count). The number of nitrogens with zero attached hydrogens (tertiary/aromatic N) is 1. The van der Waals surface area contributed by atoms with Crippen molar-refractivity contribution in [1.82, 2.24) is 5.32 Å². The van der Waals surface area contributed by atoms with Gasteiger partial charge in [0, 0.05) is 11.8 Å². The Hall–Kier alpha value is -1.29. The third-order valence-electron chi connectivity index (χ3n) is 3.18. The molecule has 0 aromatic carbocycles. The van der Waals surface area contributed by atoms with E-state index in [2.05, 4.69) is 5.32 Å². The predicted molar refractivity (Wildman–Crippen MR) is 64.2 cm³/mol. The number of nitrogens with one attached hydrogen (secondary N) is 1. The molecule has 2 fully saturated rings. The molecule has 0 bridgehead atoms. The molecule has 0 unspecified atom stereocenters. The van der Waals surface area contributed by atoms with Gasteiger partial charge in [-0.05, 0) is 13.8 Å². The standard InChI is InChI=1S/C11H18N2O7/c1-5(14)12-6(4-13(16)17)8-7(15)9-10(18-8)20-11(2,3)19-9/h6-10,15H,4H2,1-3H3,(H,12,14)/t6-,7+,8-,9-,10-/m1/s1. The van der Waals surface area contributed by atoms with Gasteiger partial charge in [-0.15, -0.1) is 0 Å². The summed E-state index contributed by atoms with van der Waals surface area (Å²) in [5.74, 6) is -1.32. The fourth-order valence-corrected chi connectivity index (χ4v) is 2.50. The number of ether oxygens (including phenoxy) is 3. The Bertz CT molecular complexity index is 398. The van der Waals surface area contributed by atoms with Crippen molar-refractivity contribution in [3.8, 4) is 0 Å². The Morgan fingerprint density at radius 1 is 1.50 bits per heavy atom. The molecule has 2 aliphatic rings. The molecular formula is C11H18N2O7.